The summed E-state index contributed by atoms with van der Waals surface area (Å²) < 4.78 is 26.2. The lowest BCUT2D eigenvalue weighted by atomic mass is 10.0. The highest BCUT2D eigenvalue weighted by Gasteiger charge is 2.29. The number of hydrogen-bond donors (Lipinski definition) is 3. The number of nitrogens with two attached hydrogens (primary N) is 1. The van der Waals surface area contributed by atoms with Crippen LogP contribution in [-0.4, -0.2) is 113 Å². The van der Waals surface area contributed by atoms with Crippen LogP contribution in [0.15, 0.2) is 95.9 Å². The smallest absolute Gasteiger partial charge is 0.410 e. The van der Waals surface area contributed by atoms with Crippen LogP contribution >= 0.6 is 0 Å². The molecule has 0 spiro atoms. The number of aromatic nitrogens is 3. The predicted molar refractivity (Wildman–Crippen MR) is 204 cm³/mol. The summed E-state index contributed by atoms with van der Waals surface area (Å²) >= 11 is 0. The minimum absolute atomic E-state index is 0.00438. The van der Waals surface area contributed by atoms with E-state index in [1.54, 1.807) is 47.4 Å². The third-order valence-electron chi connectivity index (χ3n) is 9.21. The van der Waals surface area contributed by atoms with E-state index in [2.05, 4.69) is 20.5 Å². The third-order valence-corrected chi connectivity index (χ3v) is 9.21. The Labute approximate surface area is 321 Å². The summed E-state index contributed by atoms with van der Waals surface area (Å²) in [7, 11) is 0. The molecule has 0 atom stereocenters. The number of benzene rings is 3. The highest BCUT2D eigenvalue weighted by Crippen LogP contribution is 2.20. The van der Waals surface area contributed by atoms with Gasteiger partial charge in [-0.3, -0.25) is 24.1 Å². The fourth-order valence-electron chi connectivity index (χ4n) is 6.19. The summed E-state index contributed by atoms with van der Waals surface area (Å²) in [4.78, 5) is 73.0. The van der Waals surface area contributed by atoms with Crippen LogP contribution in [0.4, 0.5) is 14.9 Å². The van der Waals surface area contributed by atoms with E-state index in [1.807, 2.05) is 30.3 Å². The number of rotatable bonds is 14. The number of nitrogens with zero attached hydrogens (tertiary/aromatic N) is 5. The van der Waals surface area contributed by atoms with Crippen LogP contribution in [0.1, 0.15) is 37.7 Å². The number of halogens is 1. The van der Waals surface area contributed by atoms with Crippen molar-refractivity contribution in [2.24, 2.45) is 0 Å². The van der Waals surface area contributed by atoms with Crippen molar-refractivity contribution in [3.63, 3.8) is 0 Å². The maximum atomic E-state index is 15.0. The second-order valence-corrected chi connectivity index (χ2v) is 13.0. The lowest BCUT2D eigenvalue weighted by molar-refractivity contribution is -0.133. The molecule has 1 aliphatic heterocycles. The minimum atomic E-state index is -0.709. The Balaban J connectivity index is 1.02. The summed E-state index contributed by atoms with van der Waals surface area (Å²) in [6.07, 6.45) is 1.01. The first kappa shape index (κ1) is 39.0. The quantitative estimate of drug-likeness (QED) is 0.142. The molecule has 290 valence electrons. The lowest BCUT2D eigenvalue weighted by Gasteiger charge is -2.36. The number of carbonyl (C=O) groups is 4. The highest BCUT2D eigenvalue weighted by atomic mass is 19.1. The van der Waals surface area contributed by atoms with Crippen molar-refractivity contribution in [2.75, 3.05) is 64.8 Å². The number of pyridine rings is 1. The van der Waals surface area contributed by atoms with E-state index in [1.165, 1.54) is 28.1 Å². The maximum Gasteiger partial charge on any atom is 0.410 e. The molecule has 4 N–H and O–H groups in total. The van der Waals surface area contributed by atoms with Crippen molar-refractivity contribution in [3.05, 3.63) is 135 Å². The van der Waals surface area contributed by atoms with Crippen molar-refractivity contribution in [1.82, 2.24) is 35.2 Å². The molecule has 3 aromatic carbocycles. The zero-order valence-corrected chi connectivity index (χ0v) is 30.5. The molecule has 2 aromatic heterocycles. The van der Waals surface area contributed by atoms with Gasteiger partial charge in [0, 0.05) is 57.3 Å². The molecule has 1 fully saturated rings. The summed E-state index contributed by atoms with van der Waals surface area (Å²) in [5.41, 5.74) is 7.73. The average Bonchev–Trinajstić information content (AvgIpc) is 3.22. The lowest BCUT2D eigenvalue weighted by Crippen LogP contribution is -2.53. The molecular weight excluding hydrogens is 723 g/mol. The normalized spacial score (nSPS) is 12.7. The van der Waals surface area contributed by atoms with Gasteiger partial charge in [-0.05, 0) is 41.5 Å². The molecule has 3 heterocycles. The van der Waals surface area contributed by atoms with Gasteiger partial charge in [0.1, 0.15) is 19.0 Å². The number of piperazine rings is 1. The monoisotopic (exact) mass is 764 g/mol. The number of nitrogen functional groups attached to an aromatic ring is 1. The number of ether oxygens (including phenoxy) is 2. The number of aromatic amines is 1. The fourth-order valence-corrected chi connectivity index (χ4v) is 6.19. The molecule has 4 amide bonds. The topological polar surface area (TPSA) is 193 Å². The predicted octanol–water partition coefficient (Wildman–Crippen LogP) is 3.00. The van der Waals surface area contributed by atoms with E-state index in [4.69, 9.17) is 15.2 Å². The number of H-pyrrole nitrogens is 1. The number of fused-ring (bicyclic) bond motifs is 1. The van der Waals surface area contributed by atoms with Crippen LogP contribution < -0.4 is 16.6 Å². The molecule has 1 aliphatic rings. The maximum absolute atomic E-state index is 15.0. The summed E-state index contributed by atoms with van der Waals surface area (Å²) in [6, 6.07) is 23.7. The second kappa shape index (κ2) is 18.6. The van der Waals surface area contributed by atoms with Crippen molar-refractivity contribution in [1.29, 1.82) is 0 Å². The zero-order valence-electron chi connectivity index (χ0n) is 30.5. The third kappa shape index (κ3) is 9.89. The average molecular weight is 765 g/mol. The first-order valence-corrected chi connectivity index (χ1v) is 18.0. The van der Waals surface area contributed by atoms with Gasteiger partial charge in [-0.15, -0.1) is 0 Å². The van der Waals surface area contributed by atoms with Crippen molar-refractivity contribution in [2.45, 2.75) is 13.0 Å². The van der Waals surface area contributed by atoms with Gasteiger partial charge >= 0.3 is 6.09 Å². The molecule has 0 saturated carbocycles. The van der Waals surface area contributed by atoms with Crippen LogP contribution in [0.5, 0.6) is 0 Å². The number of nitrogens with one attached hydrogen (secondary N) is 2. The van der Waals surface area contributed by atoms with Gasteiger partial charge in [0.15, 0.2) is 5.69 Å². The Hall–Kier alpha value is -6.68. The Morgan fingerprint density at radius 1 is 0.875 bits per heavy atom. The minimum Gasteiger partial charge on any atom is -0.445 e. The molecule has 5 aromatic rings. The van der Waals surface area contributed by atoms with Gasteiger partial charge < -0.3 is 30.3 Å². The summed E-state index contributed by atoms with van der Waals surface area (Å²) in [5, 5.41) is 10.5. The van der Waals surface area contributed by atoms with Crippen LogP contribution in [0.2, 0.25) is 0 Å². The molecule has 0 radical (unpaired) electrons. The molecule has 1 saturated heterocycles. The number of hydrogen-bond acceptors (Lipinski definition) is 10. The van der Waals surface area contributed by atoms with E-state index in [9.17, 15) is 24.0 Å². The van der Waals surface area contributed by atoms with Crippen LogP contribution in [0.25, 0.3) is 10.8 Å². The van der Waals surface area contributed by atoms with Crippen molar-refractivity contribution < 1.29 is 33.0 Å². The number of amides is 4. The largest absolute Gasteiger partial charge is 0.445 e. The standard InChI is InChI=1S/C40H41FN8O7/c41-32-13-12-28(24-34-29-9-4-5-10-30(29)37(51)46-45-34)23-31(32)39(53)48-18-16-47(17-19-48)35(50)25-49(40(54)56-26-27-7-2-1-3-8-27)20-22-55-21-15-44-38(52)36-33(42)11-6-14-43-36/h1-14,23H,15-22,24-26,42H2,(H,44,52)(H,46,51). The molecule has 6 rings (SSSR count). The van der Waals surface area contributed by atoms with Gasteiger partial charge in [-0.1, -0.05) is 54.6 Å². The van der Waals surface area contributed by atoms with Gasteiger partial charge in [0.25, 0.3) is 17.4 Å². The Bertz CT molecular complexity index is 2250. The Morgan fingerprint density at radius 3 is 2.38 bits per heavy atom. The van der Waals surface area contributed by atoms with Crippen LogP contribution in [0.3, 0.4) is 0 Å². The van der Waals surface area contributed by atoms with Crippen molar-refractivity contribution >= 4 is 40.3 Å². The summed E-state index contributed by atoms with van der Waals surface area (Å²) in [6.45, 7) is 0.708. The van der Waals surface area contributed by atoms with E-state index in [-0.39, 0.29) is 100 Å². The molecule has 0 bridgehead atoms. The molecule has 15 nitrogen and oxygen atoms in total. The van der Waals surface area contributed by atoms with E-state index < -0.39 is 23.7 Å². The molecule has 0 aliphatic carbocycles. The first-order valence-electron chi connectivity index (χ1n) is 18.0. The van der Waals surface area contributed by atoms with Gasteiger partial charge in [0.2, 0.25) is 5.91 Å². The molecule has 16 heteroatoms. The Morgan fingerprint density at radius 2 is 1.61 bits per heavy atom. The van der Waals surface area contributed by atoms with Crippen LogP contribution in [-0.2, 0) is 27.3 Å². The number of carbonyl (C=O) groups excluding carboxylic acids is 4. The molecule has 0 unspecified atom stereocenters. The summed E-state index contributed by atoms with van der Waals surface area (Å²) in [5.74, 6) is -2.00. The molecule has 56 heavy (non-hydrogen) atoms. The van der Waals surface area contributed by atoms with E-state index in [0.717, 1.165) is 5.56 Å². The van der Waals surface area contributed by atoms with Crippen molar-refractivity contribution in [3.8, 4) is 0 Å². The first-order chi connectivity index (χ1) is 27.2. The fraction of sp³-hybridized carbons (Fsp3) is 0.275. The Kier molecular flexibility index (Phi) is 12.9. The molecular formula is C40H41FN8O7. The van der Waals surface area contributed by atoms with Gasteiger partial charge in [-0.25, -0.2) is 19.3 Å². The van der Waals surface area contributed by atoms with Crippen LogP contribution in [0, 0.1) is 5.82 Å². The van der Waals surface area contributed by atoms with E-state index >= 15 is 4.39 Å². The second-order valence-electron chi connectivity index (χ2n) is 13.0. The van der Waals surface area contributed by atoms with Gasteiger partial charge in [-0.2, -0.15) is 5.10 Å². The highest BCUT2D eigenvalue weighted by molar-refractivity contribution is 5.97. The number of anilines is 1. The van der Waals surface area contributed by atoms with Gasteiger partial charge in [0.05, 0.1) is 35.5 Å². The SMILES string of the molecule is Nc1cccnc1C(=O)NCCOCCN(CC(=O)N1CCN(C(=O)c2cc(Cc3n[nH]c(=O)c4ccccc34)ccc2F)CC1)C(=O)OCc1ccccc1. The zero-order chi connectivity index (χ0) is 39.4. The van der Waals surface area contributed by atoms with E-state index in [0.29, 0.717) is 22.0 Å².